The number of hydrogen-bond donors (Lipinski definition) is 0. The minimum absolute atomic E-state index is 0.0579. The third-order valence-electron chi connectivity index (χ3n) is 3.07. The molecule has 88 valence electrons. The van der Waals surface area contributed by atoms with Gasteiger partial charge in [-0.2, -0.15) is 0 Å². The lowest BCUT2D eigenvalue weighted by Gasteiger charge is -2.41. The van der Waals surface area contributed by atoms with Crippen LogP contribution in [0.1, 0.15) is 29.0 Å². The summed E-state index contributed by atoms with van der Waals surface area (Å²) in [5.41, 5.74) is 1.23. The number of benzene rings is 1. The van der Waals surface area contributed by atoms with Crippen LogP contribution in [0.3, 0.4) is 0 Å². The van der Waals surface area contributed by atoms with Crippen molar-refractivity contribution in [3.8, 4) is 0 Å². The maximum atomic E-state index is 7.71. The Bertz CT molecular complexity index is 371. The van der Waals surface area contributed by atoms with Crippen molar-refractivity contribution in [1.82, 2.24) is 4.90 Å². The first-order chi connectivity index (χ1) is 8.58. The largest absolute Gasteiger partial charge is 0.373 e. The number of hydrogen-bond acceptors (Lipinski definition) is 2. The molecule has 0 aromatic heterocycles. The summed E-state index contributed by atoms with van der Waals surface area (Å²) in [6, 6.07) is 10.1. The molecule has 1 aliphatic rings. The summed E-state index contributed by atoms with van der Waals surface area (Å²) in [6.45, 7) is 4.72. The van der Waals surface area contributed by atoms with E-state index in [1.165, 1.54) is 5.56 Å². The number of ether oxygens (including phenoxy) is 1. The van der Waals surface area contributed by atoms with Crippen LogP contribution in [-0.2, 0) is 11.3 Å². The van der Waals surface area contributed by atoms with Crippen molar-refractivity contribution in [1.29, 1.82) is 0 Å². The predicted octanol–water partition coefficient (Wildman–Crippen LogP) is 2.68. The summed E-state index contributed by atoms with van der Waals surface area (Å²) in [5.74, 6) is 0. The topological polar surface area (TPSA) is 12.5 Å². The molecule has 2 rings (SSSR count). The number of morpholine rings is 1. The van der Waals surface area contributed by atoms with Gasteiger partial charge in [-0.3, -0.25) is 4.90 Å². The van der Waals surface area contributed by atoms with Gasteiger partial charge in [-0.05, 0) is 26.3 Å². The highest BCUT2D eigenvalue weighted by molar-refractivity contribution is 5.14. The fourth-order valence-corrected chi connectivity index (χ4v) is 2.23. The van der Waals surface area contributed by atoms with Gasteiger partial charge >= 0.3 is 0 Å². The summed E-state index contributed by atoms with van der Waals surface area (Å²) < 4.78 is 21.2. The average Bonchev–Trinajstić information content (AvgIpc) is 2.28. The van der Waals surface area contributed by atoms with Crippen LogP contribution in [0.2, 0.25) is 0 Å². The monoisotopic (exact) mass is 221 g/mol. The van der Waals surface area contributed by atoms with Crippen LogP contribution in [0, 0.1) is 0 Å². The van der Waals surface area contributed by atoms with Gasteiger partial charge in [0.2, 0.25) is 0 Å². The van der Waals surface area contributed by atoms with E-state index in [1.54, 1.807) is 0 Å². The van der Waals surface area contributed by atoms with Gasteiger partial charge in [0.25, 0.3) is 0 Å². The normalized spacial score (nSPS) is 33.6. The van der Waals surface area contributed by atoms with Crippen molar-refractivity contribution in [2.75, 3.05) is 6.54 Å². The summed E-state index contributed by atoms with van der Waals surface area (Å²) >= 11 is 0. The Hall–Kier alpha value is -0.860. The van der Waals surface area contributed by atoms with Gasteiger partial charge in [-0.15, -0.1) is 0 Å². The molecule has 0 spiro atoms. The number of nitrogens with zero attached hydrogens (tertiary/aromatic N) is 1. The van der Waals surface area contributed by atoms with Crippen LogP contribution >= 0.6 is 0 Å². The fraction of sp³-hybridized carbons (Fsp3) is 0.571. The molecule has 2 nitrogen and oxygen atoms in total. The van der Waals surface area contributed by atoms with Gasteiger partial charge in [0.15, 0.2) is 0 Å². The molecular weight excluding hydrogens is 198 g/mol. The molecule has 3 atom stereocenters. The highest BCUT2D eigenvalue weighted by Crippen LogP contribution is 2.19. The van der Waals surface area contributed by atoms with E-state index < -0.39 is 6.88 Å². The zero-order valence-corrected chi connectivity index (χ0v) is 9.97. The van der Waals surface area contributed by atoms with Crippen LogP contribution in [0.25, 0.3) is 0 Å². The van der Waals surface area contributed by atoms with E-state index in [0.717, 1.165) is 13.1 Å². The Morgan fingerprint density at radius 1 is 1.38 bits per heavy atom. The van der Waals surface area contributed by atoms with Crippen LogP contribution < -0.4 is 0 Å². The van der Waals surface area contributed by atoms with Gasteiger partial charge in [0.1, 0.15) is 0 Å². The smallest absolute Gasteiger partial charge is 0.0703 e. The van der Waals surface area contributed by atoms with Gasteiger partial charge in [-0.1, -0.05) is 30.3 Å². The standard InChI is InChI=1S/C14H21NO/c1-11-9-15(12(2)13(3)16-11)10-14-7-5-4-6-8-14/h4-8,11-13H,9-10H2,1-3H3/t11-,12-,13+/m1/s1/i2D2. The van der Waals surface area contributed by atoms with E-state index in [9.17, 15) is 0 Å². The molecule has 1 heterocycles. The molecule has 0 unspecified atom stereocenters. The summed E-state index contributed by atoms with van der Waals surface area (Å²) in [6.07, 6.45) is 0.108. The van der Waals surface area contributed by atoms with E-state index in [1.807, 2.05) is 32.0 Å². The van der Waals surface area contributed by atoms with E-state index in [-0.39, 0.29) is 18.2 Å². The molecule has 2 heteroatoms. The third kappa shape index (κ3) is 2.63. The van der Waals surface area contributed by atoms with Crippen LogP contribution in [0.4, 0.5) is 0 Å². The third-order valence-corrected chi connectivity index (χ3v) is 3.07. The Morgan fingerprint density at radius 3 is 2.81 bits per heavy atom. The van der Waals surface area contributed by atoms with Crippen molar-refractivity contribution >= 4 is 0 Å². The average molecular weight is 221 g/mol. The molecule has 1 saturated heterocycles. The minimum atomic E-state index is -0.879. The molecular formula is C14H21NO. The van der Waals surface area contributed by atoms with Gasteiger partial charge < -0.3 is 4.74 Å². The minimum Gasteiger partial charge on any atom is -0.373 e. The lowest BCUT2D eigenvalue weighted by atomic mass is 10.1. The first kappa shape index (κ1) is 9.20. The van der Waals surface area contributed by atoms with Crippen molar-refractivity contribution in [3.63, 3.8) is 0 Å². The van der Waals surface area contributed by atoms with Gasteiger partial charge in [0, 0.05) is 21.9 Å². The SMILES string of the molecule is [2H]C([2H])[C@@H]1[C@H](C)O[C@H](C)CN1Cc1ccccc1. The second-order valence-electron chi connectivity index (χ2n) is 4.56. The first-order valence-corrected chi connectivity index (χ1v) is 5.86. The van der Waals surface area contributed by atoms with Crippen LogP contribution in [-0.4, -0.2) is 29.7 Å². The predicted molar refractivity (Wildman–Crippen MR) is 66.3 cm³/mol. The van der Waals surface area contributed by atoms with E-state index >= 15 is 0 Å². The van der Waals surface area contributed by atoms with E-state index in [0.29, 0.717) is 0 Å². The van der Waals surface area contributed by atoms with Crippen LogP contribution in [0.15, 0.2) is 30.3 Å². The lowest BCUT2D eigenvalue weighted by molar-refractivity contribution is -0.102. The maximum Gasteiger partial charge on any atom is 0.0703 e. The molecule has 0 N–H and O–H groups in total. The quantitative estimate of drug-likeness (QED) is 0.761. The van der Waals surface area contributed by atoms with Crippen molar-refractivity contribution in [2.24, 2.45) is 0 Å². The molecule has 1 aromatic carbocycles. The molecule has 1 fully saturated rings. The lowest BCUT2D eigenvalue weighted by Crippen LogP contribution is -2.51. The summed E-state index contributed by atoms with van der Waals surface area (Å²) in [4.78, 5) is 2.21. The Labute approximate surface area is 101 Å². The molecule has 0 aliphatic carbocycles. The molecule has 0 bridgehead atoms. The maximum absolute atomic E-state index is 7.71. The molecule has 0 saturated carbocycles. The van der Waals surface area contributed by atoms with Crippen LogP contribution in [0.5, 0.6) is 0 Å². The van der Waals surface area contributed by atoms with E-state index in [2.05, 4.69) is 17.0 Å². The van der Waals surface area contributed by atoms with Crippen molar-refractivity contribution in [3.05, 3.63) is 35.9 Å². The first-order valence-electron chi connectivity index (χ1n) is 7.01. The van der Waals surface area contributed by atoms with Gasteiger partial charge in [-0.25, -0.2) is 0 Å². The van der Waals surface area contributed by atoms with E-state index in [4.69, 9.17) is 7.48 Å². The molecule has 0 radical (unpaired) electrons. The number of rotatable bonds is 2. The zero-order chi connectivity index (χ0) is 13.1. The second-order valence-corrected chi connectivity index (χ2v) is 4.56. The zero-order valence-electron chi connectivity index (χ0n) is 12.0. The van der Waals surface area contributed by atoms with Crippen molar-refractivity contribution < 1.29 is 7.48 Å². The molecule has 0 amide bonds. The molecule has 16 heavy (non-hydrogen) atoms. The Morgan fingerprint density at radius 2 is 2.12 bits per heavy atom. The molecule has 1 aromatic rings. The molecule has 1 aliphatic heterocycles. The van der Waals surface area contributed by atoms with Crippen molar-refractivity contribution in [2.45, 2.75) is 45.5 Å². The fourth-order valence-electron chi connectivity index (χ4n) is 2.23. The second kappa shape index (κ2) is 4.98. The van der Waals surface area contributed by atoms with Gasteiger partial charge in [0.05, 0.1) is 12.2 Å². The summed E-state index contributed by atoms with van der Waals surface area (Å²) in [5, 5.41) is 0. The Balaban J connectivity index is 2.12. The highest BCUT2D eigenvalue weighted by Gasteiger charge is 2.28. The summed E-state index contributed by atoms with van der Waals surface area (Å²) in [7, 11) is 0. The highest BCUT2D eigenvalue weighted by atomic mass is 16.5. The Kier molecular flexibility index (Phi) is 2.86.